The minimum absolute atomic E-state index is 0.144. The van der Waals surface area contributed by atoms with Gasteiger partial charge in [0.25, 0.3) is 0 Å². The van der Waals surface area contributed by atoms with Crippen molar-refractivity contribution in [2.75, 3.05) is 0 Å². The fraction of sp³-hybridized carbons (Fsp3) is 0.500. The van der Waals surface area contributed by atoms with E-state index < -0.39 is 11.8 Å². The van der Waals surface area contributed by atoms with Gasteiger partial charge in [0, 0.05) is 0 Å². The molecule has 0 aromatic rings. The Morgan fingerprint density at radius 1 is 1.67 bits per heavy atom. The van der Waals surface area contributed by atoms with Crippen LogP contribution < -0.4 is 0 Å². The van der Waals surface area contributed by atoms with Gasteiger partial charge in [-0.05, 0) is 13.3 Å². The number of allylic oxidation sites excluding steroid dienone is 1. The lowest BCUT2D eigenvalue weighted by molar-refractivity contribution is -0.132. The molecule has 0 amide bonds. The van der Waals surface area contributed by atoms with Crippen LogP contribution in [0.5, 0.6) is 0 Å². The largest absolute Gasteiger partial charge is 0.478 e. The van der Waals surface area contributed by atoms with Crippen molar-refractivity contribution in [2.45, 2.75) is 20.3 Å². The van der Waals surface area contributed by atoms with Gasteiger partial charge < -0.3 is 5.11 Å². The van der Waals surface area contributed by atoms with Crippen molar-refractivity contribution in [3.8, 4) is 0 Å². The molecular formula is C6H9FO2. The van der Waals surface area contributed by atoms with Crippen LogP contribution in [0.2, 0.25) is 0 Å². The summed E-state index contributed by atoms with van der Waals surface area (Å²) in [5.41, 5.74) is -0.144. The van der Waals surface area contributed by atoms with Gasteiger partial charge in [-0.1, -0.05) is 6.92 Å². The number of hydrogen-bond acceptors (Lipinski definition) is 1. The smallest absolute Gasteiger partial charge is 0.334 e. The summed E-state index contributed by atoms with van der Waals surface area (Å²) in [5.74, 6) is -1.78. The summed E-state index contributed by atoms with van der Waals surface area (Å²) in [7, 11) is 0. The Balaban J connectivity index is 4.35. The molecule has 0 aliphatic carbocycles. The van der Waals surface area contributed by atoms with Crippen LogP contribution >= 0.6 is 0 Å². The summed E-state index contributed by atoms with van der Waals surface area (Å²) in [6, 6.07) is 0. The number of carbonyl (C=O) groups is 1. The van der Waals surface area contributed by atoms with Gasteiger partial charge in [-0.3, -0.25) is 0 Å². The second-order valence-corrected chi connectivity index (χ2v) is 1.67. The second kappa shape index (κ2) is 3.22. The fourth-order valence-electron chi connectivity index (χ4n) is 0.542. The third kappa shape index (κ3) is 2.26. The van der Waals surface area contributed by atoms with Gasteiger partial charge in [-0.15, -0.1) is 0 Å². The third-order valence-electron chi connectivity index (χ3n) is 1.03. The molecule has 0 radical (unpaired) electrons. The predicted octanol–water partition coefficient (Wildman–Crippen LogP) is 1.72. The average molecular weight is 132 g/mol. The van der Waals surface area contributed by atoms with Crippen LogP contribution in [0.15, 0.2) is 11.4 Å². The topological polar surface area (TPSA) is 37.3 Å². The van der Waals surface area contributed by atoms with E-state index in [1.165, 1.54) is 0 Å². The maximum absolute atomic E-state index is 12.1. The first-order valence-electron chi connectivity index (χ1n) is 2.68. The molecule has 0 spiro atoms. The molecule has 0 heterocycles. The molecule has 0 aliphatic rings. The van der Waals surface area contributed by atoms with Gasteiger partial charge in [0.1, 0.15) is 5.83 Å². The number of halogens is 1. The Hall–Kier alpha value is -0.860. The van der Waals surface area contributed by atoms with Crippen molar-refractivity contribution in [3.63, 3.8) is 0 Å². The first-order chi connectivity index (χ1) is 4.09. The maximum atomic E-state index is 12.1. The standard InChI is InChI=1S/C6H9FO2/c1-3-5(4(2)7)6(8)9/h3H2,1-2H3,(H,8,9)/b5-4-. The molecule has 0 saturated heterocycles. The van der Waals surface area contributed by atoms with Crippen LogP contribution in [0, 0.1) is 0 Å². The van der Waals surface area contributed by atoms with Crippen molar-refractivity contribution >= 4 is 5.97 Å². The molecule has 0 bridgehead atoms. The van der Waals surface area contributed by atoms with Crippen molar-refractivity contribution in [2.24, 2.45) is 0 Å². The van der Waals surface area contributed by atoms with Gasteiger partial charge in [0.2, 0.25) is 0 Å². The Labute approximate surface area is 53.0 Å². The van der Waals surface area contributed by atoms with E-state index in [9.17, 15) is 9.18 Å². The monoisotopic (exact) mass is 132 g/mol. The Bertz CT molecular complexity index is 145. The molecule has 0 rings (SSSR count). The zero-order chi connectivity index (χ0) is 7.44. The lowest BCUT2D eigenvalue weighted by Crippen LogP contribution is -2.00. The van der Waals surface area contributed by atoms with Gasteiger partial charge in [0.15, 0.2) is 0 Å². The van der Waals surface area contributed by atoms with Crippen LogP contribution in [0.3, 0.4) is 0 Å². The third-order valence-corrected chi connectivity index (χ3v) is 1.03. The predicted molar refractivity (Wildman–Crippen MR) is 31.7 cm³/mol. The zero-order valence-electron chi connectivity index (χ0n) is 5.44. The van der Waals surface area contributed by atoms with Crippen molar-refractivity contribution in [1.29, 1.82) is 0 Å². The second-order valence-electron chi connectivity index (χ2n) is 1.67. The summed E-state index contributed by atoms with van der Waals surface area (Å²) in [6.45, 7) is 2.75. The number of carboxylic acid groups (broad SMARTS) is 1. The van der Waals surface area contributed by atoms with Gasteiger partial charge in [0.05, 0.1) is 5.57 Å². The van der Waals surface area contributed by atoms with Gasteiger partial charge >= 0.3 is 5.97 Å². The lowest BCUT2D eigenvalue weighted by atomic mass is 10.2. The van der Waals surface area contributed by atoms with Gasteiger partial charge in [-0.25, -0.2) is 9.18 Å². The van der Waals surface area contributed by atoms with E-state index in [0.29, 0.717) is 0 Å². The summed E-state index contributed by atoms with van der Waals surface area (Å²) in [4.78, 5) is 10.1. The molecule has 0 fully saturated rings. The van der Waals surface area contributed by atoms with Crippen molar-refractivity contribution in [1.82, 2.24) is 0 Å². The highest BCUT2D eigenvalue weighted by molar-refractivity contribution is 5.86. The quantitative estimate of drug-likeness (QED) is 0.581. The van der Waals surface area contributed by atoms with Crippen LogP contribution in [0.1, 0.15) is 20.3 Å². The Morgan fingerprint density at radius 3 is 2.11 bits per heavy atom. The van der Waals surface area contributed by atoms with Crippen LogP contribution in [-0.4, -0.2) is 11.1 Å². The zero-order valence-corrected chi connectivity index (χ0v) is 5.44. The summed E-state index contributed by atoms with van der Waals surface area (Å²) in [6.07, 6.45) is 0.234. The SMILES string of the molecule is CC/C(C(=O)O)=C(\C)F. The van der Waals surface area contributed by atoms with E-state index in [-0.39, 0.29) is 12.0 Å². The molecule has 0 aromatic carbocycles. The van der Waals surface area contributed by atoms with E-state index in [1.807, 2.05) is 0 Å². The summed E-state index contributed by atoms with van der Waals surface area (Å²) < 4.78 is 12.1. The van der Waals surface area contributed by atoms with E-state index in [1.54, 1.807) is 6.92 Å². The van der Waals surface area contributed by atoms with Crippen LogP contribution in [0.4, 0.5) is 4.39 Å². The lowest BCUT2D eigenvalue weighted by Gasteiger charge is -1.94. The minimum atomic E-state index is -1.17. The number of hydrogen-bond donors (Lipinski definition) is 1. The van der Waals surface area contributed by atoms with E-state index in [4.69, 9.17) is 5.11 Å². The summed E-state index contributed by atoms with van der Waals surface area (Å²) in [5, 5.41) is 8.25. The van der Waals surface area contributed by atoms with Crippen molar-refractivity contribution in [3.05, 3.63) is 11.4 Å². The first kappa shape index (κ1) is 8.14. The molecule has 0 atom stereocenters. The van der Waals surface area contributed by atoms with Crippen LogP contribution in [0.25, 0.3) is 0 Å². The highest BCUT2D eigenvalue weighted by Gasteiger charge is 2.07. The molecule has 3 heteroatoms. The highest BCUT2D eigenvalue weighted by atomic mass is 19.1. The molecule has 52 valence electrons. The molecule has 0 unspecified atom stereocenters. The fourth-order valence-corrected chi connectivity index (χ4v) is 0.542. The molecule has 2 nitrogen and oxygen atoms in total. The molecule has 0 aliphatic heterocycles. The number of rotatable bonds is 2. The average Bonchev–Trinajstić information content (AvgIpc) is 1.64. The summed E-state index contributed by atoms with van der Waals surface area (Å²) >= 11 is 0. The minimum Gasteiger partial charge on any atom is -0.478 e. The normalized spacial score (nSPS) is 12.8. The molecule has 0 saturated carbocycles. The van der Waals surface area contributed by atoms with Crippen molar-refractivity contribution < 1.29 is 14.3 Å². The maximum Gasteiger partial charge on any atom is 0.334 e. The molecule has 9 heavy (non-hydrogen) atoms. The molecular weight excluding hydrogens is 123 g/mol. The molecule has 1 N–H and O–H groups in total. The Kier molecular flexibility index (Phi) is 2.91. The van der Waals surface area contributed by atoms with Gasteiger partial charge in [-0.2, -0.15) is 0 Å². The van der Waals surface area contributed by atoms with E-state index >= 15 is 0 Å². The first-order valence-corrected chi connectivity index (χ1v) is 2.68. The van der Waals surface area contributed by atoms with E-state index in [2.05, 4.69) is 0 Å². The number of carboxylic acids is 1. The van der Waals surface area contributed by atoms with Crippen LogP contribution in [-0.2, 0) is 4.79 Å². The Morgan fingerprint density at radius 2 is 2.11 bits per heavy atom. The highest BCUT2D eigenvalue weighted by Crippen LogP contribution is 2.08. The van der Waals surface area contributed by atoms with E-state index in [0.717, 1.165) is 6.92 Å². The molecule has 0 aromatic heterocycles. The number of aliphatic carboxylic acids is 1.